The van der Waals surface area contributed by atoms with Gasteiger partial charge in [0, 0.05) is 13.1 Å². The number of nitrogen functional groups attached to an aromatic ring is 1. The first-order valence-corrected chi connectivity index (χ1v) is 6.26. The number of nitrogens with two attached hydrogens (primary N) is 1. The van der Waals surface area contributed by atoms with Crippen LogP contribution in [0.2, 0.25) is 0 Å². The Kier molecular flexibility index (Phi) is 3.78. The van der Waals surface area contributed by atoms with Crippen molar-refractivity contribution in [2.75, 3.05) is 30.3 Å². The van der Waals surface area contributed by atoms with E-state index in [2.05, 4.69) is 4.98 Å². The van der Waals surface area contributed by atoms with Crippen LogP contribution in [0.5, 0.6) is 0 Å². The molecule has 8 heteroatoms. The molecule has 2 rings (SSSR count). The van der Waals surface area contributed by atoms with E-state index in [1.165, 1.54) is 12.1 Å². The molecule has 3 N–H and O–H groups in total. The van der Waals surface area contributed by atoms with Crippen LogP contribution >= 0.6 is 0 Å². The fourth-order valence-electron chi connectivity index (χ4n) is 2.35. The smallest absolute Gasteiger partial charge is 0.276 e. The van der Waals surface area contributed by atoms with Crippen LogP contribution < -0.4 is 10.6 Å². The molecule has 8 nitrogen and oxygen atoms in total. The number of ether oxygens (including phenoxy) is 1. The minimum Gasteiger partial charge on any atom is -0.394 e. The Hall–Kier alpha value is -1.93. The highest BCUT2D eigenvalue weighted by Crippen LogP contribution is 2.28. The van der Waals surface area contributed by atoms with Crippen LogP contribution in [-0.4, -0.2) is 46.4 Å². The van der Waals surface area contributed by atoms with Gasteiger partial charge in [0.1, 0.15) is 11.6 Å². The van der Waals surface area contributed by atoms with Gasteiger partial charge in [0.05, 0.1) is 35.4 Å². The van der Waals surface area contributed by atoms with Crippen molar-refractivity contribution >= 4 is 17.3 Å². The number of aliphatic hydroxyl groups is 1. The zero-order valence-corrected chi connectivity index (χ0v) is 11.4. The van der Waals surface area contributed by atoms with E-state index in [0.29, 0.717) is 18.9 Å². The minimum atomic E-state index is -0.503. The highest BCUT2D eigenvalue weighted by atomic mass is 16.6. The molecule has 1 aromatic heterocycles. The molecule has 0 spiro atoms. The van der Waals surface area contributed by atoms with Crippen molar-refractivity contribution in [2.45, 2.75) is 25.6 Å². The topological polar surface area (TPSA) is 115 Å². The Bertz CT molecular complexity index is 520. The van der Waals surface area contributed by atoms with Crippen molar-refractivity contribution < 1.29 is 14.8 Å². The van der Waals surface area contributed by atoms with E-state index in [0.717, 1.165) is 0 Å². The summed E-state index contributed by atoms with van der Waals surface area (Å²) in [6.07, 6.45) is -0.360. The number of hydrogen-bond donors (Lipinski definition) is 2. The lowest BCUT2D eigenvalue weighted by molar-refractivity contribution is -0.384. The first-order chi connectivity index (χ1) is 9.30. The molecule has 0 aromatic carbocycles. The van der Waals surface area contributed by atoms with Crippen LogP contribution in [0.3, 0.4) is 0 Å². The third kappa shape index (κ3) is 3.14. The second-order valence-electron chi connectivity index (χ2n) is 5.43. The number of aromatic nitrogens is 1. The first kappa shape index (κ1) is 14.5. The Balaban J connectivity index is 2.32. The molecule has 1 aliphatic rings. The van der Waals surface area contributed by atoms with Gasteiger partial charge >= 0.3 is 0 Å². The molecule has 1 saturated heterocycles. The fraction of sp³-hybridized carbons (Fsp3) is 0.583. The SMILES string of the molecule is CC1(C)CN(c2cc([N+](=O)[O-])cc(N)n2)CC(CO)O1. The Labute approximate surface area is 116 Å². The number of nitrogens with zero attached hydrogens (tertiary/aromatic N) is 3. The molecule has 1 atom stereocenters. The van der Waals surface area contributed by atoms with Crippen LogP contribution in [0, 0.1) is 10.1 Å². The van der Waals surface area contributed by atoms with Crippen LogP contribution in [-0.2, 0) is 4.74 Å². The lowest BCUT2D eigenvalue weighted by atomic mass is 10.1. The van der Waals surface area contributed by atoms with E-state index in [9.17, 15) is 15.2 Å². The van der Waals surface area contributed by atoms with E-state index < -0.39 is 10.5 Å². The van der Waals surface area contributed by atoms with Gasteiger partial charge < -0.3 is 20.5 Å². The van der Waals surface area contributed by atoms with Crippen LogP contribution in [0.4, 0.5) is 17.3 Å². The van der Waals surface area contributed by atoms with Crippen molar-refractivity contribution in [3.63, 3.8) is 0 Å². The normalized spacial score (nSPS) is 21.8. The number of aliphatic hydroxyl groups excluding tert-OH is 1. The average Bonchev–Trinajstić information content (AvgIpc) is 2.36. The van der Waals surface area contributed by atoms with Crippen molar-refractivity contribution in [1.29, 1.82) is 0 Å². The van der Waals surface area contributed by atoms with Gasteiger partial charge in [-0.05, 0) is 13.8 Å². The summed E-state index contributed by atoms with van der Waals surface area (Å²) in [6, 6.07) is 2.60. The van der Waals surface area contributed by atoms with Crippen LogP contribution in [0.15, 0.2) is 12.1 Å². The van der Waals surface area contributed by atoms with Gasteiger partial charge in [-0.25, -0.2) is 4.98 Å². The van der Waals surface area contributed by atoms with Gasteiger partial charge in [-0.2, -0.15) is 0 Å². The van der Waals surface area contributed by atoms with Gasteiger partial charge in [-0.3, -0.25) is 10.1 Å². The monoisotopic (exact) mass is 282 g/mol. The average molecular weight is 282 g/mol. The molecule has 0 amide bonds. The van der Waals surface area contributed by atoms with E-state index >= 15 is 0 Å². The summed E-state index contributed by atoms with van der Waals surface area (Å²) in [5, 5.41) is 20.2. The van der Waals surface area contributed by atoms with E-state index in [4.69, 9.17) is 10.5 Å². The maximum atomic E-state index is 10.9. The summed E-state index contributed by atoms with van der Waals surface area (Å²) in [5.74, 6) is 0.519. The molecule has 1 aliphatic heterocycles. The second-order valence-corrected chi connectivity index (χ2v) is 5.43. The fourth-order valence-corrected chi connectivity index (χ4v) is 2.35. The largest absolute Gasteiger partial charge is 0.394 e. The van der Waals surface area contributed by atoms with Crippen molar-refractivity contribution in [3.8, 4) is 0 Å². The number of hydrogen-bond acceptors (Lipinski definition) is 7. The van der Waals surface area contributed by atoms with E-state index in [1.807, 2.05) is 18.7 Å². The first-order valence-electron chi connectivity index (χ1n) is 6.26. The summed E-state index contributed by atoms with van der Waals surface area (Å²) < 4.78 is 5.70. The lowest BCUT2D eigenvalue weighted by Crippen LogP contribution is -2.54. The summed E-state index contributed by atoms with van der Waals surface area (Å²) in [4.78, 5) is 16.3. The molecule has 2 heterocycles. The molecule has 0 radical (unpaired) electrons. The van der Waals surface area contributed by atoms with Gasteiger partial charge in [-0.15, -0.1) is 0 Å². The summed E-state index contributed by atoms with van der Waals surface area (Å²) in [6.45, 7) is 4.58. The molecule has 0 saturated carbocycles. The third-order valence-electron chi connectivity index (χ3n) is 3.04. The van der Waals surface area contributed by atoms with Gasteiger partial charge in [-0.1, -0.05) is 0 Å². The maximum absolute atomic E-state index is 10.9. The standard InChI is InChI=1S/C12H18N4O4/c1-12(2)7-15(5-9(6-17)20-12)11-4-8(16(18)19)3-10(13)14-11/h3-4,9,17H,5-7H2,1-2H3,(H2,13,14). The molecule has 1 fully saturated rings. The predicted molar refractivity (Wildman–Crippen MR) is 73.6 cm³/mol. The molecular formula is C12H18N4O4. The van der Waals surface area contributed by atoms with Crippen LogP contribution in [0.25, 0.3) is 0 Å². The Morgan fingerprint density at radius 3 is 2.95 bits per heavy atom. The van der Waals surface area contributed by atoms with Crippen LogP contribution in [0.1, 0.15) is 13.8 Å². The second kappa shape index (κ2) is 5.22. The third-order valence-corrected chi connectivity index (χ3v) is 3.04. The van der Waals surface area contributed by atoms with Crippen molar-refractivity contribution in [3.05, 3.63) is 22.2 Å². The maximum Gasteiger partial charge on any atom is 0.276 e. The number of nitro groups is 1. The lowest BCUT2D eigenvalue weighted by Gasteiger charge is -2.42. The quantitative estimate of drug-likeness (QED) is 0.614. The van der Waals surface area contributed by atoms with E-state index in [1.54, 1.807) is 0 Å². The van der Waals surface area contributed by atoms with E-state index in [-0.39, 0.29) is 24.2 Å². The molecule has 1 unspecified atom stereocenters. The van der Waals surface area contributed by atoms with Gasteiger partial charge in [0.2, 0.25) is 0 Å². The zero-order chi connectivity index (χ0) is 14.9. The molecular weight excluding hydrogens is 264 g/mol. The molecule has 1 aromatic rings. The number of morpholine rings is 1. The van der Waals surface area contributed by atoms with Crippen molar-refractivity contribution in [1.82, 2.24) is 4.98 Å². The Morgan fingerprint density at radius 2 is 2.35 bits per heavy atom. The predicted octanol–water partition coefficient (Wildman–Crippen LogP) is 0.548. The molecule has 20 heavy (non-hydrogen) atoms. The van der Waals surface area contributed by atoms with Gasteiger partial charge in [0.15, 0.2) is 0 Å². The molecule has 0 aliphatic carbocycles. The number of rotatable bonds is 3. The Morgan fingerprint density at radius 1 is 1.65 bits per heavy atom. The summed E-state index contributed by atoms with van der Waals surface area (Å²) in [5.41, 5.74) is 5.04. The molecule has 110 valence electrons. The summed E-state index contributed by atoms with van der Waals surface area (Å²) >= 11 is 0. The van der Waals surface area contributed by atoms with Gasteiger partial charge in [0.25, 0.3) is 5.69 Å². The van der Waals surface area contributed by atoms with Crippen molar-refractivity contribution in [2.24, 2.45) is 0 Å². The summed E-state index contributed by atoms with van der Waals surface area (Å²) in [7, 11) is 0. The number of pyridine rings is 1. The highest BCUT2D eigenvalue weighted by Gasteiger charge is 2.34. The highest BCUT2D eigenvalue weighted by molar-refractivity contribution is 5.54. The molecule has 0 bridgehead atoms. The zero-order valence-electron chi connectivity index (χ0n) is 11.4. The number of anilines is 2. The minimum absolute atomic E-state index is 0.0963.